The van der Waals surface area contributed by atoms with Crippen molar-refractivity contribution >= 4 is 18.2 Å². The third kappa shape index (κ3) is 3.11. The fourth-order valence-electron chi connectivity index (χ4n) is 4.54. The SMILES string of the molecule is CN(C)CC1CCc2cccc3c2C1Cc1cc(F)ccc1C3=O.Cl. The minimum absolute atomic E-state index is 0. The molecule has 2 aliphatic rings. The summed E-state index contributed by atoms with van der Waals surface area (Å²) in [5.41, 5.74) is 4.87. The number of fused-ring (bicyclic) bond motifs is 1. The Kier molecular flexibility index (Phi) is 4.99. The fraction of sp³-hybridized carbons (Fsp3) is 0.381. The molecule has 0 saturated heterocycles. The summed E-state index contributed by atoms with van der Waals surface area (Å²) in [5, 5.41) is 0. The molecular weight excluding hydrogens is 337 g/mol. The molecule has 2 aromatic carbocycles. The number of hydrogen-bond acceptors (Lipinski definition) is 2. The van der Waals surface area contributed by atoms with E-state index < -0.39 is 0 Å². The van der Waals surface area contributed by atoms with Crippen LogP contribution in [0.5, 0.6) is 0 Å². The van der Waals surface area contributed by atoms with E-state index in [0.717, 1.165) is 36.9 Å². The van der Waals surface area contributed by atoms with Crippen molar-refractivity contribution in [2.45, 2.75) is 25.2 Å². The zero-order valence-corrected chi connectivity index (χ0v) is 15.4. The summed E-state index contributed by atoms with van der Waals surface area (Å²) in [4.78, 5) is 15.3. The topological polar surface area (TPSA) is 20.3 Å². The molecule has 2 aromatic rings. The van der Waals surface area contributed by atoms with Crippen molar-refractivity contribution in [2.75, 3.05) is 20.6 Å². The first-order valence-electron chi connectivity index (χ1n) is 8.64. The molecule has 4 heteroatoms. The molecule has 0 bridgehead atoms. The van der Waals surface area contributed by atoms with Gasteiger partial charge in [-0.2, -0.15) is 0 Å². The monoisotopic (exact) mass is 359 g/mol. The predicted molar refractivity (Wildman–Crippen MR) is 100 cm³/mol. The van der Waals surface area contributed by atoms with Gasteiger partial charge in [0.1, 0.15) is 5.82 Å². The molecule has 4 rings (SSSR count). The Bertz CT molecular complexity index is 818. The van der Waals surface area contributed by atoms with E-state index in [0.29, 0.717) is 17.4 Å². The zero-order chi connectivity index (χ0) is 16.8. The first-order chi connectivity index (χ1) is 11.5. The summed E-state index contributed by atoms with van der Waals surface area (Å²) < 4.78 is 13.8. The Balaban J connectivity index is 0.00000182. The van der Waals surface area contributed by atoms with Crippen LogP contribution in [0.3, 0.4) is 0 Å². The van der Waals surface area contributed by atoms with Crippen LogP contribution in [-0.4, -0.2) is 31.3 Å². The lowest BCUT2D eigenvalue weighted by Gasteiger charge is -2.35. The lowest BCUT2D eigenvalue weighted by atomic mass is 9.71. The molecule has 25 heavy (non-hydrogen) atoms. The highest BCUT2D eigenvalue weighted by Gasteiger charge is 2.36. The maximum Gasteiger partial charge on any atom is 0.193 e. The van der Waals surface area contributed by atoms with Crippen LogP contribution in [0, 0.1) is 11.7 Å². The molecule has 2 unspecified atom stereocenters. The maximum atomic E-state index is 13.8. The van der Waals surface area contributed by atoms with Crippen LogP contribution >= 0.6 is 12.4 Å². The number of hydrogen-bond donors (Lipinski definition) is 0. The van der Waals surface area contributed by atoms with Crippen molar-refractivity contribution in [3.63, 3.8) is 0 Å². The molecule has 0 fully saturated rings. The van der Waals surface area contributed by atoms with Crippen LogP contribution in [0.25, 0.3) is 0 Å². The summed E-state index contributed by atoms with van der Waals surface area (Å²) in [6, 6.07) is 10.7. The van der Waals surface area contributed by atoms with Gasteiger partial charge in [-0.15, -0.1) is 12.4 Å². The number of rotatable bonds is 2. The molecule has 0 heterocycles. The van der Waals surface area contributed by atoms with Crippen molar-refractivity contribution in [1.29, 1.82) is 0 Å². The van der Waals surface area contributed by atoms with Gasteiger partial charge in [-0.05, 0) is 80.1 Å². The van der Waals surface area contributed by atoms with Gasteiger partial charge in [-0.25, -0.2) is 4.39 Å². The lowest BCUT2D eigenvalue weighted by Crippen LogP contribution is -2.31. The molecule has 132 valence electrons. The third-order valence-corrected chi connectivity index (χ3v) is 5.52. The van der Waals surface area contributed by atoms with Crippen LogP contribution < -0.4 is 0 Å². The van der Waals surface area contributed by atoms with Crippen molar-refractivity contribution < 1.29 is 9.18 Å². The molecule has 2 aliphatic carbocycles. The smallest absolute Gasteiger partial charge is 0.193 e. The number of carbonyl (C=O) groups excluding carboxylic acids is 1. The number of benzene rings is 2. The van der Waals surface area contributed by atoms with E-state index in [2.05, 4.69) is 25.1 Å². The van der Waals surface area contributed by atoms with Crippen molar-refractivity contribution in [3.05, 3.63) is 70.0 Å². The molecule has 0 aliphatic heterocycles. The second-order valence-electron chi connectivity index (χ2n) is 7.38. The number of aryl methyl sites for hydroxylation is 1. The van der Waals surface area contributed by atoms with Crippen molar-refractivity contribution in [3.8, 4) is 0 Å². The molecule has 0 N–H and O–H groups in total. The van der Waals surface area contributed by atoms with Crippen LogP contribution in [-0.2, 0) is 12.8 Å². The van der Waals surface area contributed by atoms with Gasteiger partial charge in [0.15, 0.2) is 5.78 Å². The van der Waals surface area contributed by atoms with Gasteiger partial charge < -0.3 is 4.90 Å². The van der Waals surface area contributed by atoms with Gasteiger partial charge in [0.05, 0.1) is 0 Å². The van der Waals surface area contributed by atoms with E-state index in [-0.39, 0.29) is 24.0 Å². The number of nitrogens with zero attached hydrogens (tertiary/aromatic N) is 1. The van der Waals surface area contributed by atoms with E-state index in [1.807, 2.05) is 12.1 Å². The van der Waals surface area contributed by atoms with Gasteiger partial charge >= 0.3 is 0 Å². The van der Waals surface area contributed by atoms with Crippen LogP contribution in [0.2, 0.25) is 0 Å². The Hall–Kier alpha value is -1.71. The van der Waals surface area contributed by atoms with Gasteiger partial charge in [0.25, 0.3) is 0 Å². The minimum atomic E-state index is -0.257. The largest absolute Gasteiger partial charge is 0.309 e. The van der Waals surface area contributed by atoms with E-state index in [1.54, 1.807) is 12.1 Å². The Morgan fingerprint density at radius 2 is 1.92 bits per heavy atom. The van der Waals surface area contributed by atoms with E-state index in [1.165, 1.54) is 17.2 Å². The Labute approximate surface area is 154 Å². The normalized spacial score (nSPS) is 21.2. The summed E-state index contributed by atoms with van der Waals surface area (Å²) in [6.07, 6.45) is 2.90. The molecule has 0 saturated carbocycles. The highest BCUT2D eigenvalue weighted by molar-refractivity contribution is 6.11. The van der Waals surface area contributed by atoms with E-state index >= 15 is 0 Å². The first-order valence-corrected chi connectivity index (χ1v) is 8.64. The van der Waals surface area contributed by atoms with Crippen LogP contribution in [0.4, 0.5) is 4.39 Å². The number of ketones is 1. The second kappa shape index (κ2) is 6.89. The molecular formula is C21H23ClFNO. The van der Waals surface area contributed by atoms with Gasteiger partial charge in [-0.1, -0.05) is 18.2 Å². The Morgan fingerprint density at radius 3 is 2.68 bits per heavy atom. The molecule has 0 amide bonds. The molecule has 0 aromatic heterocycles. The zero-order valence-electron chi connectivity index (χ0n) is 14.6. The maximum absolute atomic E-state index is 13.8. The van der Waals surface area contributed by atoms with Crippen LogP contribution in [0.15, 0.2) is 36.4 Å². The van der Waals surface area contributed by atoms with Gasteiger partial charge in [-0.3, -0.25) is 4.79 Å². The molecule has 2 nitrogen and oxygen atoms in total. The Morgan fingerprint density at radius 1 is 1.12 bits per heavy atom. The lowest BCUT2D eigenvalue weighted by molar-refractivity contribution is 0.103. The van der Waals surface area contributed by atoms with Crippen molar-refractivity contribution in [2.24, 2.45) is 5.92 Å². The molecule has 0 radical (unpaired) electrons. The second-order valence-corrected chi connectivity index (χ2v) is 7.38. The molecule has 0 spiro atoms. The number of carbonyl (C=O) groups is 1. The standard InChI is InChI=1S/C21H22FNO.ClH/c1-23(2)12-14-7-6-13-4-3-5-18-20(13)19(14)11-15-10-16(22)8-9-17(15)21(18)24;/h3-5,8-10,14,19H,6-7,11-12H2,1-2H3;1H. The summed E-state index contributed by atoms with van der Waals surface area (Å²) >= 11 is 0. The number of halogens is 2. The summed E-state index contributed by atoms with van der Waals surface area (Å²) in [6.45, 7) is 0.997. The average molecular weight is 360 g/mol. The highest BCUT2D eigenvalue weighted by atomic mass is 35.5. The average Bonchev–Trinajstić information content (AvgIpc) is 2.67. The first kappa shape index (κ1) is 18.1. The predicted octanol–water partition coefficient (Wildman–Crippen LogP) is 4.24. The van der Waals surface area contributed by atoms with E-state index in [4.69, 9.17) is 0 Å². The van der Waals surface area contributed by atoms with Crippen molar-refractivity contribution in [1.82, 2.24) is 4.90 Å². The quantitative estimate of drug-likeness (QED) is 0.799. The molecule has 2 atom stereocenters. The minimum Gasteiger partial charge on any atom is -0.309 e. The van der Waals surface area contributed by atoms with Gasteiger partial charge in [0.2, 0.25) is 0 Å². The third-order valence-electron chi connectivity index (χ3n) is 5.52. The van der Waals surface area contributed by atoms with Crippen LogP contribution in [0.1, 0.15) is 45.0 Å². The highest BCUT2D eigenvalue weighted by Crippen LogP contribution is 2.43. The van der Waals surface area contributed by atoms with Gasteiger partial charge in [0, 0.05) is 17.7 Å². The summed E-state index contributed by atoms with van der Waals surface area (Å²) in [5.74, 6) is 0.581. The van der Waals surface area contributed by atoms with E-state index in [9.17, 15) is 9.18 Å². The summed E-state index contributed by atoms with van der Waals surface area (Å²) in [7, 11) is 4.19. The fourth-order valence-corrected chi connectivity index (χ4v) is 4.54.